The van der Waals surface area contributed by atoms with Crippen molar-refractivity contribution in [2.75, 3.05) is 39.5 Å². The number of aliphatic hydroxyl groups is 1. The van der Waals surface area contributed by atoms with Gasteiger partial charge in [-0.1, -0.05) is 0 Å². The van der Waals surface area contributed by atoms with E-state index in [-0.39, 0.29) is 0 Å². The zero-order valence-corrected chi connectivity index (χ0v) is 8.17. The maximum Gasteiger partial charge on any atom is 0.0472 e. The summed E-state index contributed by atoms with van der Waals surface area (Å²) in [5, 5.41) is 8.69. The Kier molecular flexibility index (Phi) is 2.86. The normalized spacial score (nSPS) is 27.5. The Labute approximate surface area is 79.7 Å². The Morgan fingerprint density at radius 3 is 2.54 bits per heavy atom. The Morgan fingerprint density at radius 2 is 1.92 bits per heavy atom. The predicted octanol–water partition coefficient (Wildman–Crippen LogP) is 0.481. The molecule has 13 heavy (non-hydrogen) atoms. The van der Waals surface area contributed by atoms with Gasteiger partial charge in [-0.15, -0.1) is 0 Å². The molecule has 2 aliphatic rings. The summed E-state index contributed by atoms with van der Waals surface area (Å²) < 4.78 is 5.36. The van der Waals surface area contributed by atoms with Crippen molar-refractivity contribution < 1.29 is 9.84 Å². The van der Waals surface area contributed by atoms with Crippen molar-refractivity contribution in [1.82, 2.24) is 4.90 Å². The topological polar surface area (TPSA) is 32.7 Å². The van der Waals surface area contributed by atoms with Crippen LogP contribution in [-0.4, -0.2) is 49.5 Å². The molecular weight excluding hydrogens is 166 g/mol. The summed E-state index contributed by atoms with van der Waals surface area (Å²) in [5.41, 5.74) is 0.591. The Bertz CT molecular complexity index is 158. The van der Waals surface area contributed by atoms with Gasteiger partial charge in [0.05, 0.1) is 0 Å². The average Bonchev–Trinajstić information content (AvgIpc) is 2.13. The SMILES string of the molecule is OCCCN1CC2(CCOCC2)C1. The van der Waals surface area contributed by atoms with Crippen LogP contribution in [0.4, 0.5) is 0 Å². The third-order valence-corrected chi connectivity index (χ3v) is 3.30. The fourth-order valence-electron chi connectivity index (χ4n) is 2.48. The highest BCUT2D eigenvalue weighted by atomic mass is 16.5. The smallest absolute Gasteiger partial charge is 0.0472 e. The minimum absolute atomic E-state index is 0.326. The van der Waals surface area contributed by atoms with Gasteiger partial charge in [-0.2, -0.15) is 0 Å². The molecule has 3 nitrogen and oxygen atoms in total. The molecule has 0 aromatic carbocycles. The lowest BCUT2D eigenvalue weighted by Crippen LogP contribution is -2.58. The number of nitrogens with zero attached hydrogens (tertiary/aromatic N) is 1. The van der Waals surface area contributed by atoms with Gasteiger partial charge in [0, 0.05) is 44.9 Å². The molecule has 0 aromatic heterocycles. The monoisotopic (exact) mass is 185 g/mol. The maximum absolute atomic E-state index is 8.69. The molecule has 0 atom stereocenters. The van der Waals surface area contributed by atoms with E-state index in [0.29, 0.717) is 12.0 Å². The Morgan fingerprint density at radius 1 is 1.23 bits per heavy atom. The molecule has 76 valence electrons. The van der Waals surface area contributed by atoms with E-state index < -0.39 is 0 Å². The molecule has 2 saturated heterocycles. The number of ether oxygens (including phenoxy) is 1. The summed E-state index contributed by atoms with van der Waals surface area (Å²) in [6.45, 7) is 5.76. The highest BCUT2D eigenvalue weighted by Crippen LogP contribution is 2.39. The summed E-state index contributed by atoms with van der Waals surface area (Å²) in [5.74, 6) is 0. The second-order valence-electron chi connectivity index (χ2n) is 4.40. The minimum atomic E-state index is 0.326. The Hall–Kier alpha value is -0.120. The molecule has 0 bridgehead atoms. The van der Waals surface area contributed by atoms with Gasteiger partial charge in [-0.25, -0.2) is 0 Å². The summed E-state index contributed by atoms with van der Waals surface area (Å²) in [6.07, 6.45) is 3.40. The lowest BCUT2D eigenvalue weighted by molar-refractivity contribution is -0.0813. The van der Waals surface area contributed by atoms with Gasteiger partial charge in [-0.05, 0) is 19.3 Å². The third kappa shape index (κ3) is 2.03. The zero-order valence-electron chi connectivity index (χ0n) is 8.17. The van der Waals surface area contributed by atoms with Crippen LogP contribution in [0.1, 0.15) is 19.3 Å². The van der Waals surface area contributed by atoms with Gasteiger partial charge in [0.25, 0.3) is 0 Å². The van der Waals surface area contributed by atoms with E-state index in [1.165, 1.54) is 25.9 Å². The quantitative estimate of drug-likeness (QED) is 0.694. The van der Waals surface area contributed by atoms with E-state index >= 15 is 0 Å². The number of likely N-dealkylation sites (tertiary alicyclic amines) is 1. The van der Waals surface area contributed by atoms with Crippen LogP contribution in [-0.2, 0) is 4.74 Å². The minimum Gasteiger partial charge on any atom is -0.396 e. The Balaban J connectivity index is 1.69. The first kappa shape index (κ1) is 9.44. The molecule has 0 saturated carbocycles. The molecule has 1 spiro atoms. The highest BCUT2D eigenvalue weighted by molar-refractivity contribution is 4.95. The molecule has 0 amide bonds. The van der Waals surface area contributed by atoms with Crippen LogP contribution in [0.25, 0.3) is 0 Å². The largest absolute Gasteiger partial charge is 0.396 e. The van der Waals surface area contributed by atoms with Crippen LogP contribution in [0.5, 0.6) is 0 Å². The first-order chi connectivity index (χ1) is 6.35. The van der Waals surface area contributed by atoms with Crippen LogP contribution in [0.15, 0.2) is 0 Å². The third-order valence-electron chi connectivity index (χ3n) is 3.30. The standard InChI is InChI=1S/C10H19NO2/c12-5-1-4-11-8-10(9-11)2-6-13-7-3-10/h12H,1-9H2. The van der Waals surface area contributed by atoms with Gasteiger partial charge in [0.2, 0.25) is 0 Å². The van der Waals surface area contributed by atoms with E-state index in [1.807, 2.05) is 0 Å². The fourth-order valence-corrected chi connectivity index (χ4v) is 2.48. The fraction of sp³-hybridized carbons (Fsp3) is 1.00. The molecule has 0 unspecified atom stereocenters. The molecule has 3 heteroatoms. The van der Waals surface area contributed by atoms with E-state index in [2.05, 4.69) is 4.90 Å². The molecule has 1 N–H and O–H groups in total. The van der Waals surface area contributed by atoms with Gasteiger partial charge in [0.1, 0.15) is 0 Å². The number of rotatable bonds is 3. The maximum atomic E-state index is 8.69. The average molecular weight is 185 g/mol. The first-order valence-electron chi connectivity index (χ1n) is 5.26. The summed E-state index contributed by atoms with van der Waals surface area (Å²) in [4.78, 5) is 2.45. The van der Waals surface area contributed by atoms with Gasteiger partial charge >= 0.3 is 0 Å². The van der Waals surface area contributed by atoms with Crippen LogP contribution >= 0.6 is 0 Å². The highest BCUT2D eigenvalue weighted by Gasteiger charge is 2.43. The number of hydrogen-bond acceptors (Lipinski definition) is 3. The predicted molar refractivity (Wildman–Crippen MR) is 50.6 cm³/mol. The molecule has 2 fully saturated rings. The molecule has 0 aliphatic carbocycles. The van der Waals surface area contributed by atoms with Crippen molar-refractivity contribution in [3.63, 3.8) is 0 Å². The molecule has 2 rings (SSSR count). The van der Waals surface area contributed by atoms with Crippen molar-refractivity contribution in [2.45, 2.75) is 19.3 Å². The van der Waals surface area contributed by atoms with Crippen molar-refractivity contribution in [3.8, 4) is 0 Å². The van der Waals surface area contributed by atoms with Gasteiger partial charge in [-0.3, -0.25) is 0 Å². The zero-order chi connectivity index (χ0) is 9.15. The molecule has 2 aliphatic heterocycles. The number of aliphatic hydroxyl groups excluding tert-OH is 1. The van der Waals surface area contributed by atoms with Crippen LogP contribution < -0.4 is 0 Å². The van der Waals surface area contributed by atoms with E-state index in [9.17, 15) is 0 Å². The first-order valence-corrected chi connectivity index (χ1v) is 5.26. The summed E-state index contributed by atoms with van der Waals surface area (Å²) in [6, 6.07) is 0. The van der Waals surface area contributed by atoms with Gasteiger partial charge < -0.3 is 14.7 Å². The van der Waals surface area contributed by atoms with Crippen molar-refractivity contribution in [3.05, 3.63) is 0 Å². The molecule has 0 radical (unpaired) electrons. The van der Waals surface area contributed by atoms with Crippen molar-refractivity contribution in [2.24, 2.45) is 5.41 Å². The van der Waals surface area contributed by atoms with E-state index in [1.54, 1.807) is 0 Å². The van der Waals surface area contributed by atoms with E-state index in [4.69, 9.17) is 9.84 Å². The van der Waals surface area contributed by atoms with Crippen LogP contribution in [0.3, 0.4) is 0 Å². The lowest BCUT2D eigenvalue weighted by atomic mass is 9.73. The van der Waals surface area contributed by atoms with Crippen LogP contribution in [0.2, 0.25) is 0 Å². The second-order valence-corrected chi connectivity index (χ2v) is 4.40. The number of hydrogen-bond donors (Lipinski definition) is 1. The second kappa shape index (κ2) is 3.95. The summed E-state index contributed by atoms with van der Waals surface area (Å²) >= 11 is 0. The van der Waals surface area contributed by atoms with Crippen molar-refractivity contribution >= 4 is 0 Å². The molecular formula is C10H19NO2. The van der Waals surface area contributed by atoms with Crippen LogP contribution in [0, 0.1) is 5.41 Å². The summed E-state index contributed by atoms with van der Waals surface area (Å²) in [7, 11) is 0. The molecule has 2 heterocycles. The molecule has 0 aromatic rings. The van der Waals surface area contributed by atoms with E-state index in [0.717, 1.165) is 26.2 Å². The van der Waals surface area contributed by atoms with Gasteiger partial charge in [0.15, 0.2) is 0 Å². The lowest BCUT2D eigenvalue weighted by Gasteiger charge is -2.52. The van der Waals surface area contributed by atoms with Crippen molar-refractivity contribution in [1.29, 1.82) is 0 Å².